The Bertz CT molecular complexity index is 1160. The van der Waals surface area contributed by atoms with E-state index in [0.717, 1.165) is 43.2 Å². The molecule has 9 nitrogen and oxygen atoms in total. The summed E-state index contributed by atoms with van der Waals surface area (Å²) in [6.45, 7) is 3.68. The number of hydrogen-bond donors (Lipinski definition) is 0. The van der Waals surface area contributed by atoms with Crippen molar-refractivity contribution < 1.29 is 0 Å². The SMILES string of the molecule is O=c1c2nn(-c3ccccc3)cc2cnn1CN1CCN(c2ncccn2)CC1. The topological polar surface area (TPSA) is 85.0 Å². The van der Waals surface area contributed by atoms with Gasteiger partial charge >= 0.3 is 0 Å². The molecule has 0 atom stereocenters. The van der Waals surface area contributed by atoms with E-state index in [4.69, 9.17) is 0 Å². The van der Waals surface area contributed by atoms with Crippen molar-refractivity contribution in [1.82, 2.24) is 34.4 Å². The van der Waals surface area contributed by atoms with Gasteiger partial charge in [0.25, 0.3) is 5.56 Å². The van der Waals surface area contributed by atoms with Crippen molar-refractivity contribution >= 4 is 16.9 Å². The number of para-hydroxylation sites is 1. The predicted molar refractivity (Wildman–Crippen MR) is 109 cm³/mol. The van der Waals surface area contributed by atoms with E-state index in [1.54, 1.807) is 23.3 Å². The van der Waals surface area contributed by atoms with Crippen molar-refractivity contribution in [2.24, 2.45) is 0 Å². The maximum atomic E-state index is 12.9. The van der Waals surface area contributed by atoms with Crippen LogP contribution in [0.2, 0.25) is 0 Å². The fourth-order valence-corrected chi connectivity index (χ4v) is 3.50. The van der Waals surface area contributed by atoms with Gasteiger partial charge in [0.05, 0.1) is 18.6 Å². The zero-order valence-electron chi connectivity index (χ0n) is 15.8. The van der Waals surface area contributed by atoms with E-state index >= 15 is 0 Å². The summed E-state index contributed by atoms with van der Waals surface area (Å²) in [6.07, 6.45) is 7.04. The molecule has 0 bridgehead atoms. The molecule has 29 heavy (non-hydrogen) atoms. The van der Waals surface area contributed by atoms with Crippen LogP contribution in [0.4, 0.5) is 5.95 Å². The lowest BCUT2D eigenvalue weighted by atomic mass is 10.3. The summed E-state index contributed by atoms with van der Waals surface area (Å²) < 4.78 is 3.20. The van der Waals surface area contributed by atoms with Crippen LogP contribution in [0.3, 0.4) is 0 Å². The molecule has 0 spiro atoms. The van der Waals surface area contributed by atoms with Gasteiger partial charge in [-0.05, 0) is 18.2 Å². The van der Waals surface area contributed by atoms with Gasteiger partial charge in [-0.25, -0.2) is 19.3 Å². The van der Waals surface area contributed by atoms with Crippen molar-refractivity contribution in [3.05, 3.63) is 71.5 Å². The van der Waals surface area contributed by atoms with Crippen LogP contribution in [0, 0.1) is 0 Å². The lowest BCUT2D eigenvalue weighted by Crippen LogP contribution is -2.48. The lowest BCUT2D eigenvalue weighted by molar-refractivity contribution is 0.191. The van der Waals surface area contributed by atoms with E-state index < -0.39 is 0 Å². The van der Waals surface area contributed by atoms with Crippen LogP contribution in [-0.4, -0.2) is 60.6 Å². The minimum atomic E-state index is -0.175. The third-order valence-electron chi connectivity index (χ3n) is 5.08. The van der Waals surface area contributed by atoms with Gasteiger partial charge in [0.2, 0.25) is 5.95 Å². The molecule has 1 saturated heterocycles. The van der Waals surface area contributed by atoms with Crippen molar-refractivity contribution in [3.63, 3.8) is 0 Å². The zero-order valence-corrected chi connectivity index (χ0v) is 15.8. The smallest absolute Gasteiger partial charge is 0.296 e. The molecule has 9 heteroatoms. The summed E-state index contributed by atoms with van der Waals surface area (Å²) in [7, 11) is 0. The number of fused-ring (bicyclic) bond motifs is 1. The van der Waals surface area contributed by atoms with Crippen LogP contribution >= 0.6 is 0 Å². The molecule has 1 fully saturated rings. The van der Waals surface area contributed by atoms with E-state index in [1.165, 1.54) is 4.68 Å². The normalized spacial score (nSPS) is 15.1. The Hall–Kier alpha value is -3.59. The van der Waals surface area contributed by atoms with Crippen molar-refractivity contribution in [3.8, 4) is 5.69 Å². The summed E-state index contributed by atoms with van der Waals surface area (Å²) in [6, 6.07) is 11.6. The highest BCUT2D eigenvalue weighted by Crippen LogP contribution is 2.13. The molecule has 0 aliphatic carbocycles. The molecule has 0 radical (unpaired) electrons. The summed E-state index contributed by atoms with van der Waals surface area (Å²) in [5.74, 6) is 0.746. The maximum Gasteiger partial charge on any atom is 0.296 e. The summed E-state index contributed by atoms with van der Waals surface area (Å²) in [4.78, 5) is 25.9. The third kappa shape index (κ3) is 3.47. The molecular weight excluding hydrogens is 368 g/mol. The molecule has 5 rings (SSSR count). The highest BCUT2D eigenvalue weighted by atomic mass is 16.1. The molecule has 0 unspecified atom stereocenters. The largest absolute Gasteiger partial charge is 0.338 e. The highest BCUT2D eigenvalue weighted by Gasteiger charge is 2.20. The molecule has 0 amide bonds. The Morgan fingerprint density at radius 1 is 0.931 bits per heavy atom. The third-order valence-corrected chi connectivity index (χ3v) is 5.08. The Balaban J connectivity index is 1.32. The fraction of sp³-hybridized carbons (Fsp3) is 0.250. The molecule has 1 aromatic carbocycles. The van der Waals surface area contributed by atoms with Gasteiger partial charge in [0.15, 0.2) is 5.52 Å². The number of anilines is 1. The van der Waals surface area contributed by atoms with E-state index in [9.17, 15) is 4.79 Å². The average Bonchev–Trinajstić information content (AvgIpc) is 3.23. The molecule has 0 saturated carbocycles. The first-order chi connectivity index (χ1) is 14.3. The molecule has 1 aliphatic rings. The van der Waals surface area contributed by atoms with Gasteiger partial charge in [-0.15, -0.1) is 0 Å². The molecule has 146 valence electrons. The lowest BCUT2D eigenvalue weighted by Gasteiger charge is -2.34. The number of rotatable bonds is 4. The quantitative estimate of drug-likeness (QED) is 0.518. The monoisotopic (exact) mass is 388 g/mol. The number of benzene rings is 1. The Morgan fingerprint density at radius 2 is 1.69 bits per heavy atom. The molecular formula is C20H20N8O. The van der Waals surface area contributed by atoms with Crippen molar-refractivity contribution in [2.45, 2.75) is 6.67 Å². The Labute approximate surface area is 166 Å². The molecule has 3 aromatic heterocycles. The fourth-order valence-electron chi connectivity index (χ4n) is 3.50. The van der Waals surface area contributed by atoms with E-state index in [-0.39, 0.29) is 5.56 Å². The first-order valence-electron chi connectivity index (χ1n) is 9.53. The van der Waals surface area contributed by atoms with Crippen molar-refractivity contribution in [2.75, 3.05) is 31.1 Å². The average molecular weight is 388 g/mol. The summed E-state index contributed by atoms with van der Waals surface area (Å²) in [5, 5.41) is 9.58. The number of hydrogen-bond acceptors (Lipinski definition) is 7. The Morgan fingerprint density at radius 3 is 2.45 bits per heavy atom. The van der Waals surface area contributed by atoms with Crippen molar-refractivity contribution in [1.29, 1.82) is 0 Å². The molecule has 0 N–H and O–H groups in total. The first-order valence-corrected chi connectivity index (χ1v) is 9.53. The first kappa shape index (κ1) is 17.5. The predicted octanol–water partition coefficient (Wildman–Crippen LogP) is 1.15. The van der Waals surface area contributed by atoms with Gasteiger partial charge in [-0.3, -0.25) is 9.69 Å². The second-order valence-electron chi connectivity index (χ2n) is 6.96. The summed E-state index contributed by atoms with van der Waals surface area (Å²) >= 11 is 0. The highest BCUT2D eigenvalue weighted by molar-refractivity contribution is 5.76. The standard InChI is InChI=1S/C20H20N8O/c29-19-18-16(14-27(24-18)17-5-2-1-3-6-17)13-23-28(19)15-25-9-11-26(12-10-25)20-21-7-4-8-22-20/h1-8,13-14H,9-12,15H2. The van der Waals surface area contributed by atoms with Crippen LogP contribution < -0.4 is 10.5 Å². The Kier molecular flexibility index (Phi) is 4.49. The minimum Gasteiger partial charge on any atom is -0.338 e. The maximum absolute atomic E-state index is 12.9. The van der Waals surface area contributed by atoms with Gasteiger partial charge in [0, 0.05) is 50.2 Å². The van der Waals surface area contributed by atoms with Gasteiger partial charge in [0.1, 0.15) is 0 Å². The minimum absolute atomic E-state index is 0.175. The van der Waals surface area contributed by atoms with Gasteiger partial charge in [-0.1, -0.05) is 18.2 Å². The van der Waals surface area contributed by atoms with E-state index in [1.807, 2.05) is 42.6 Å². The molecule has 1 aliphatic heterocycles. The van der Waals surface area contributed by atoms with Gasteiger partial charge < -0.3 is 4.90 Å². The van der Waals surface area contributed by atoms with E-state index in [2.05, 4.69) is 30.0 Å². The number of aromatic nitrogens is 6. The van der Waals surface area contributed by atoms with Crippen LogP contribution in [0.15, 0.2) is 66.0 Å². The van der Waals surface area contributed by atoms with Crippen LogP contribution in [-0.2, 0) is 6.67 Å². The second kappa shape index (κ2) is 7.44. The molecule has 4 heterocycles. The number of piperazine rings is 1. The summed E-state index contributed by atoms with van der Waals surface area (Å²) in [5.41, 5.74) is 1.17. The van der Waals surface area contributed by atoms with Crippen LogP contribution in [0.1, 0.15) is 0 Å². The van der Waals surface area contributed by atoms with Crippen LogP contribution in [0.5, 0.6) is 0 Å². The number of nitrogens with zero attached hydrogens (tertiary/aromatic N) is 8. The zero-order chi connectivity index (χ0) is 19.6. The van der Waals surface area contributed by atoms with E-state index in [0.29, 0.717) is 12.2 Å². The molecule has 4 aromatic rings. The van der Waals surface area contributed by atoms with Gasteiger partial charge in [-0.2, -0.15) is 10.2 Å². The van der Waals surface area contributed by atoms with Crippen LogP contribution in [0.25, 0.3) is 16.6 Å². The second-order valence-corrected chi connectivity index (χ2v) is 6.96.